The molecule has 0 radical (unpaired) electrons. The number of hydrogen-bond donors (Lipinski definition) is 1. The fourth-order valence-corrected chi connectivity index (χ4v) is 2.07. The SMILES string of the molecule is CSCCN(C)CC(O)COc1ccc(C)cc1. The van der Waals surface area contributed by atoms with Crippen LogP contribution in [0.1, 0.15) is 5.56 Å². The second kappa shape index (κ2) is 8.40. The summed E-state index contributed by atoms with van der Waals surface area (Å²) >= 11 is 1.81. The van der Waals surface area contributed by atoms with E-state index in [1.807, 2.05) is 50.0 Å². The second-order valence-electron chi connectivity index (χ2n) is 4.53. The molecule has 0 aliphatic rings. The van der Waals surface area contributed by atoms with Crippen molar-refractivity contribution in [3.8, 4) is 5.75 Å². The van der Waals surface area contributed by atoms with Gasteiger partial charge in [0.2, 0.25) is 0 Å². The highest BCUT2D eigenvalue weighted by molar-refractivity contribution is 7.98. The minimum Gasteiger partial charge on any atom is -0.491 e. The van der Waals surface area contributed by atoms with Crippen molar-refractivity contribution in [3.63, 3.8) is 0 Å². The zero-order valence-electron chi connectivity index (χ0n) is 11.4. The third-order valence-corrected chi connectivity index (χ3v) is 3.25. The molecule has 1 N–H and O–H groups in total. The van der Waals surface area contributed by atoms with Crippen molar-refractivity contribution in [3.05, 3.63) is 29.8 Å². The van der Waals surface area contributed by atoms with Crippen LogP contribution in [0.25, 0.3) is 0 Å². The Kier molecular flexibility index (Phi) is 7.16. The van der Waals surface area contributed by atoms with E-state index in [-0.39, 0.29) is 0 Å². The lowest BCUT2D eigenvalue weighted by Crippen LogP contribution is -2.34. The van der Waals surface area contributed by atoms with E-state index in [9.17, 15) is 5.11 Å². The van der Waals surface area contributed by atoms with E-state index >= 15 is 0 Å². The van der Waals surface area contributed by atoms with Crippen LogP contribution in [0.2, 0.25) is 0 Å². The minimum absolute atomic E-state index is 0.340. The summed E-state index contributed by atoms with van der Waals surface area (Å²) in [7, 11) is 2.02. The summed E-state index contributed by atoms with van der Waals surface area (Å²) in [6.45, 7) is 4.02. The van der Waals surface area contributed by atoms with Crippen LogP contribution in [0.5, 0.6) is 5.75 Å². The fraction of sp³-hybridized carbons (Fsp3) is 0.571. The van der Waals surface area contributed by atoms with Crippen LogP contribution in [-0.2, 0) is 0 Å². The molecule has 102 valence electrons. The van der Waals surface area contributed by atoms with Crippen LogP contribution < -0.4 is 4.74 Å². The highest BCUT2D eigenvalue weighted by atomic mass is 32.2. The number of aliphatic hydroxyl groups is 1. The molecule has 3 nitrogen and oxygen atoms in total. The van der Waals surface area contributed by atoms with E-state index in [4.69, 9.17) is 4.74 Å². The van der Waals surface area contributed by atoms with Crippen molar-refractivity contribution in [2.24, 2.45) is 0 Å². The van der Waals surface area contributed by atoms with E-state index in [1.54, 1.807) is 0 Å². The number of ether oxygens (including phenoxy) is 1. The molecule has 0 aliphatic carbocycles. The van der Waals surface area contributed by atoms with Gasteiger partial charge in [0.15, 0.2) is 0 Å². The van der Waals surface area contributed by atoms with Gasteiger partial charge < -0.3 is 14.7 Å². The predicted octanol–water partition coefficient (Wildman–Crippen LogP) is 2.03. The van der Waals surface area contributed by atoms with Gasteiger partial charge >= 0.3 is 0 Å². The molecule has 0 saturated carbocycles. The van der Waals surface area contributed by atoms with Crippen LogP contribution in [0.15, 0.2) is 24.3 Å². The normalized spacial score (nSPS) is 12.7. The summed E-state index contributed by atoms with van der Waals surface area (Å²) in [4.78, 5) is 2.12. The first kappa shape index (κ1) is 15.3. The monoisotopic (exact) mass is 269 g/mol. The van der Waals surface area contributed by atoms with E-state index in [0.29, 0.717) is 13.2 Å². The number of hydrogen-bond acceptors (Lipinski definition) is 4. The van der Waals surface area contributed by atoms with Crippen molar-refractivity contribution >= 4 is 11.8 Å². The molecule has 1 aromatic carbocycles. The Labute approximate surface area is 114 Å². The van der Waals surface area contributed by atoms with Crippen LogP contribution in [0.4, 0.5) is 0 Å². The maximum Gasteiger partial charge on any atom is 0.119 e. The third kappa shape index (κ3) is 6.28. The summed E-state index contributed by atoms with van der Waals surface area (Å²) in [5.41, 5.74) is 1.21. The Morgan fingerprint density at radius 1 is 1.33 bits per heavy atom. The topological polar surface area (TPSA) is 32.7 Å². The first-order chi connectivity index (χ1) is 8.61. The molecule has 1 aromatic rings. The number of rotatable bonds is 8. The lowest BCUT2D eigenvalue weighted by Gasteiger charge is -2.20. The molecule has 0 fully saturated rings. The number of aryl methyl sites for hydroxylation is 1. The first-order valence-corrected chi connectivity index (χ1v) is 7.56. The summed E-state index contributed by atoms with van der Waals surface area (Å²) in [5, 5.41) is 9.86. The molecule has 18 heavy (non-hydrogen) atoms. The lowest BCUT2D eigenvalue weighted by molar-refractivity contribution is 0.0781. The van der Waals surface area contributed by atoms with E-state index in [2.05, 4.69) is 11.2 Å². The quantitative estimate of drug-likeness (QED) is 0.783. The van der Waals surface area contributed by atoms with Crippen LogP contribution >= 0.6 is 11.8 Å². The van der Waals surface area contributed by atoms with Crippen LogP contribution in [0, 0.1) is 6.92 Å². The number of benzene rings is 1. The van der Waals surface area contributed by atoms with E-state index in [0.717, 1.165) is 18.0 Å². The fourth-order valence-electron chi connectivity index (χ4n) is 1.58. The molecule has 0 bridgehead atoms. The second-order valence-corrected chi connectivity index (χ2v) is 5.52. The average Bonchev–Trinajstić information content (AvgIpc) is 2.35. The van der Waals surface area contributed by atoms with Crippen molar-refractivity contribution < 1.29 is 9.84 Å². The number of aliphatic hydroxyl groups excluding tert-OH is 1. The molecule has 0 heterocycles. The Bertz CT molecular complexity index is 329. The molecule has 0 aliphatic heterocycles. The molecule has 0 saturated heterocycles. The van der Waals surface area contributed by atoms with Crippen LogP contribution in [0.3, 0.4) is 0 Å². The molecular weight excluding hydrogens is 246 g/mol. The molecule has 1 unspecified atom stereocenters. The largest absolute Gasteiger partial charge is 0.491 e. The van der Waals surface area contributed by atoms with Gasteiger partial charge in [0.1, 0.15) is 18.5 Å². The highest BCUT2D eigenvalue weighted by Crippen LogP contribution is 2.11. The van der Waals surface area contributed by atoms with Gasteiger partial charge in [-0.3, -0.25) is 0 Å². The van der Waals surface area contributed by atoms with Gasteiger partial charge in [0.05, 0.1) is 0 Å². The number of nitrogens with zero attached hydrogens (tertiary/aromatic N) is 1. The molecule has 0 amide bonds. The summed E-state index contributed by atoms with van der Waals surface area (Å²) < 4.78 is 5.55. The van der Waals surface area contributed by atoms with Gasteiger partial charge in [0, 0.05) is 18.8 Å². The first-order valence-electron chi connectivity index (χ1n) is 6.17. The molecule has 0 aromatic heterocycles. The van der Waals surface area contributed by atoms with Crippen LogP contribution in [-0.4, -0.2) is 54.9 Å². The summed E-state index contributed by atoms with van der Waals surface area (Å²) in [5.74, 6) is 1.90. The Hall–Kier alpha value is -0.710. The van der Waals surface area contributed by atoms with Gasteiger partial charge in [-0.2, -0.15) is 11.8 Å². The molecular formula is C14H23NO2S. The highest BCUT2D eigenvalue weighted by Gasteiger charge is 2.08. The van der Waals surface area contributed by atoms with Gasteiger partial charge in [-0.1, -0.05) is 17.7 Å². The summed E-state index contributed by atoms with van der Waals surface area (Å²) in [6.07, 6.45) is 1.64. The zero-order valence-corrected chi connectivity index (χ0v) is 12.2. The van der Waals surface area contributed by atoms with Crippen molar-refractivity contribution in [1.29, 1.82) is 0 Å². The van der Waals surface area contributed by atoms with E-state index < -0.39 is 6.10 Å². The third-order valence-electron chi connectivity index (χ3n) is 2.66. The van der Waals surface area contributed by atoms with Gasteiger partial charge in [-0.25, -0.2) is 0 Å². The van der Waals surface area contributed by atoms with Crippen molar-refractivity contribution in [2.45, 2.75) is 13.0 Å². The maximum absolute atomic E-state index is 9.86. The van der Waals surface area contributed by atoms with E-state index in [1.165, 1.54) is 5.56 Å². The molecule has 1 rings (SSSR count). The molecule has 1 atom stereocenters. The summed E-state index contributed by atoms with van der Waals surface area (Å²) in [6, 6.07) is 7.87. The van der Waals surface area contributed by atoms with Gasteiger partial charge in [-0.15, -0.1) is 0 Å². The smallest absolute Gasteiger partial charge is 0.119 e. The average molecular weight is 269 g/mol. The minimum atomic E-state index is -0.446. The lowest BCUT2D eigenvalue weighted by atomic mass is 10.2. The maximum atomic E-state index is 9.86. The number of likely N-dealkylation sites (N-methyl/N-ethyl adjacent to an activating group) is 1. The number of thioether (sulfide) groups is 1. The van der Waals surface area contributed by atoms with Gasteiger partial charge in [0.25, 0.3) is 0 Å². The van der Waals surface area contributed by atoms with Gasteiger partial charge in [-0.05, 0) is 32.4 Å². The molecule has 4 heteroatoms. The Morgan fingerprint density at radius 2 is 2.00 bits per heavy atom. The Balaban J connectivity index is 2.24. The van der Waals surface area contributed by atoms with Crippen molar-refractivity contribution in [2.75, 3.05) is 38.8 Å². The predicted molar refractivity (Wildman–Crippen MR) is 78.6 cm³/mol. The molecule has 0 spiro atoms. The Morgan fingerprint density at radius 3 is 2.61 bits per heavy atom. The standard InChI is InChI=1S/C14H23NO2S/c1-12-4-6-14(7-5-12)17-11-13(16)10-15(2)8-9-18-3/h4-7,13,16H,8-11H2,1-3H3. The van der Waals surface area contributed by atoms with Crippen molar-refractivity contribution in [1.82, 2.24) is 4.90 Å². The zero-order chi connectivity index (χ0) is 13.4.